The molecule has 0 aliphatic carbocycles. The van der Waals surface area contributed by atoms with E-state index in [1.54, 1.807) is 37.3 Å². The number of nitriles is 1. The van der Waals surface area contributed by atoms with Gasteiger partial charge in [-0.05, 0) is 38.5 Å². The summed E-state index contributed by atoms with van der Waals surface area (Å²) >= 11 is 0. The highest BCUT2D eigenvalue weighted by Gasteiger charge is 2.19. The van der Waals surface area contributed by atoms with Crippen LogP contribution in [0.5, 0.6) is 0 Å². The van der Waals surface area contributed by atoms with Gasteiger partial charge in [-0.2, -0.15) is 5.26 Å². The van der Waals surface area contributed by atoms with E-state index in [9.17, 15) is 5.11 Å². The van der Waals surface area contributed by atoms with Crippen molar-refractivity contribution in [3.63, 3.8) is 0 Å². The third-order valence-electron chi connectivity index (χ3n) is 2.17. The Kier molecular flexibility index (Phi) is 3.28. The Morgan fingerprint density at radius 1 is 1.33 bits per heavy atom. The number of hydrogen-bond donors (Lipinski definition) is 1. The summed E-state index contributed by atoms with van der Waals surface area (Å²) < 4.78 is 0. The highest BCUT2D eigenvalue weighted by Crippen LogP contribution is 2.23. The maximum atomic E-state index is 10.2. The Morgan fingerprint density at radius 2 is 1.87 bits per heavy atom. The summed E-state index contributed by atoms with van der Waals surface area (Å²) in [5.41, 5.74) is 1.49. The van der Waals surface area contributed by atoms with Crippen molar-refractivity contribution in [1.82, 2.24) is 0 Å². The molecule has 1 aromatic carbocycles. The zero-order chi connectivity index (χ0) is 11.5. The van der Waals surface area contributed by atoms with Gasteiger partial charge in [-0.3, -0.25) is 0 Å². The molecule has 0 radical (unpaired) electrons. The first-order valence-electron chi connectivity index (χ1n) is 4.85. The molecule has 78 valence electrons. The average Bonchev–Trinajstić information content (AvgIpc) is 2.16. The molecule has 1 aromatic rings. The smallest absolute Gasteiger partial charge is 0.105 e. The number of allylic oxidation sites excluding steroid dienone is 1. The molecule has 0 bridgehead atoms. The molecule has 2 heteroatoms. The summed E-state index contributed by atoms with van der Waals surface area (Å²) in [6.07, 6.45) is 1.80. The van der Waals surface area contributed by atoms with Crippen LogP contribution in [0.4, 0.5) is 0 Å². The third kappa shape index (κ3) is 2.93. The van der Waals surface area contributed by atoms with Crippen molar-refractivity contribution >= 4 is 0 Å². The first kappa shape index (κ1) is 11.5. The number of aliphatic hydroxyl groups is 1. The van der Waals surface area contributed by atoms with Gasteiger partial charge < -0.3 is 5.11 Å². The molecule has 0 saturated carbocycles. The summed E-state index contributed by atoms with van der Waals surface area (Å²) in [5, 5.41) is 18.8. The predicted octanol–water partition coefficient (Wildman–Crippen LogP) is 2.73. The van der Waals surface area contributed by atoms with E-state index in [2.05, 4.69) is 0 Å². The van der Waals surface area contributed by atoms with Gasteiger partial charge in [-0.1, -0.05) is 23.8 Å². The fourth-order valence-corrected chi connectivity index (χ4v) is 1.53. The maximum absolute atomic E-state index is 10.2. The Hall–Kier alpha value is -1.59. The van der Waals surface area contributed by atoms with Crippen LogP contribution < -0.4 is 0 Å². The van der Waals surface area contributed by atoms with Crippen molar-refractivity contribution in [3.8, 4) is 6.07 Å². The van der Waals surface area contributed by atoms with Gasteiger partial charge >= 0.3 is 0 Å². The lowest BCUT2D eigenvalue weighted by molar-refractivity contribution is 0.110. The van der Waals surface area contributed by atoms with E-state index in [0.29, 0.717) is 5.56 Å². The second-order valence-corrected chi connectivity index (χ2v) is 4.06. The second-order valence-electron chi connectivity index (χ2n) is 4.06. The van der Waals surface area contributed by atoms with Gasteiger partial charge in [-0.25, -0.2) is 0 Å². The van der Waals surface area contributed by atoms with Gasteiger partial charge in [0, 0.05) is 0 Å². The van der Waals surface area contributed by atoms with Crippen LogP contribution in [0.2, 0.25) is 0 Å². The Labute approximate surface area is 90.5 Å². The van der Waals surface area contributed by atoms with Gasteiger partial charge in [0.15, 0.2) is 0 Å². The normalized spacial score (nSPS) is 13.8. The molecule has 0 aliphatic heterocycles. The third-order valence-corrected chi connectivity index (χ3v) is 2.17. The van der Waals surface area contributed by atoms with Crippen LogP contribution in [0, 0.1) is 11.3 Å². The van der Waals surface area contributed by atoms with Crippen LogP contribution in [0.25, 0.3) is 0 Å². The second kappa shape index (κ2) is 4.29. The van der Waals surface area contributed by atoms with Crippen LogP contribution in [-0.2, 0) is 5.60 Å². The highest BCUT2D eigenvalue weighted by atomic mass is 16.3. The van der Waals surface area contributed by atoms with Crippen LogP contribution in [0.1, 0.15) is 31.9 Å². The largest absolute Gasteiger partial charge is 0.381 e. The number of rotatable bonds is 2. The average molecular weight is 201 g/mol. The molecular weight excluding hydrogens is 186 g/mol. The topological polar surface area (TPSA) is 44.0 Å². The fourth-order valence-electron chi connectivity index (χ4n) is 1.53. The summed E-state index contributed by atoms with van der Waals surface area (Å²) in [6.45, 7) is 5.62. The van der Waals surface area contributed by atoms with E-state index in [1.807, 2.05) is 19.9 Å². The van der Waals surface area contributed by atoms with Gasteiger partial charge in [0.1, 0.15) is 5.60 Å². The maximum Gasteiger partial charge on any atom is 0.105 e. The molecule has 1 N–H and O–H groups in total. The molecular formula is C13H15NO. The summed E-state index contributed by atoms with van der Waals surface area (Å²) in [4.78, 5) is 0. The van der Waals surface area contributed by atoms with E-state index in [0.717, 1.165) is 11.1 Å². The van der Waals surface area contributed by atoms with E-state index in [-0.39, 0.29) is 0 Å². The lowest BCUT2D eigenvalue weighted by atomic mass is 9.93. The predicted molar refractivity (Wildman–Crippen MR) is 60.2 cm³/mol. The molecule has 15 heavy (non-hydrogen) atoms. The Bertz CT molecular complexity index is 403. The van der Waals surface area contributed by atoms with Gasteiger partial charge in [-0.15, -0.1) is 0 Å². The van der Waals surface area contributed by atoms with Gasteiger partial charge in [0.05, 0.1) is 11.6 Å². The highest BCUT2D eigenvalue weighted by molar-refractivity contribution is 5.35. The van der Waals surface area contributed by atoms with Crippen LogP contribution in [-0.4, -0.2) is 5.11 Å². The monoisotopic (exact) mass is 201 g/mol. The quantitative estimate of drug-likeness (QED) is 0.748. The molecule has 1 rings (SSSR count). The van der Waals surface area contributed by atoms with Gasteiger partial charge in [0.25, 0.3) is 0 Å². The molecule has 0 fully saturated rings. The van der Waals surface area contributed by atoms with Gasteiger partial charge in [0.2, 0.25) is 0 Å². The zero-order valence-corrected chi connectivity index (χ0v) is 9.28. The van der Waals surface area contributed by atoms with E-state index < -0.39 is 5.60 Å². The zero-order valence-electron chi connectivity index (χ0n) is 9.28. The number of benzene rings is 1. The Balaban J connectivity index is 3.07. The number of hydrogen-bond acceptors (Lipinski definition) is 2. The minimum Gasteiger partial charge on any atom is -0.381 e. The first-order chi connectivity index (χ1) is 6.95. The van der Waals surface area contributed by atoms with Crippen molar-refractivity contribution in [2.45, 2.75) is 26.4 Å². The summed E-state index contributed by atoms with van der Waals surface area (Å²) in [7, 11) is 0. The molecule has 0 spiro atoms. The molecule has 0 aromatic heterocycles. The molecule has 2 nitrogen and oxygen atoms in total. The standard InChI is InChI=1S/C13H15NO/c1-10(2)8-13(3,15)12-6-4-11(9-14)5-7-12/h4-8,15H,1-3H3. The SMILES string of the molecule is CC(C)=CC(C)(O)c1ccc(C#N)cc1. The minimum atomic E-state index is -0.965. The lowest BCUT2D eigenvalue weighted by Crippen LogP contribution is -2.18. The van der Waals surface area contributed by atoms with E-state index in [1.165, 1.54) is 0 Å². The van der Waals surface area contributed by atoms with Crippen LogP contribution in [0.15, 0.2) is 35.9 Å². The Morgan fingerprint density at radius 3 is 2.27 bits per heavy atom. The van der Waals surface area contributed by atoms with Crippen molar-refractivity contribution in [2.24, 2.45) is 0 Å². The van der Waals surface area contributed by atoms with Crippen LogP contribution >= 0.6 is 0 Å². The molecule has 1 atom stereocenters. The van der Waals surface area contributed by atoms with Crippen molar-refractivity contribution in [1.29, 1.82) is 5.26 Å². The number of nitrogens with zero attached hydrogens (tertiary/aromatic N) is 1. The van der Waals surface area contributed by atoms with Crippen molar-refractivity contribution in [2.75, 3.05) is 0 Å². The van der Waals surface area contributed by atoms with Crippen LogP contribution in [0.3, 0.4) is 0 Å². The first-order valence-corrected chi connectivity index (χ1v) is 4.85. The van der Waals surface area contributed by atoms with Crippen molar-refractivity contribution in [3.05, 3.63) is 47.0 Å². The fraction of sp³-hybridized carbons (Fsp3) is 0.308. The lowest BCUT2D eigenvalue weighted by Gasteiger charge is -2.20. The molecule has 0 amide bonds. The molecule has 0 saturated heterocycles. The van der Waals surface area contributed by atoms with E-state index in [4.69, 9.17) is 5.26 Å². The molecule has 0 heterocycles. The van der Waals surface area contributed by atoms with Crippen molar-refractivity contribution < 1.29 is 5.11 Å². The summed E-state index contributed by atoms with van der Waals surface area (Å²) in [5.74, 6) is 0. The summed E-state index contributed by atoms with van der Waals surface area (Å²) in [6, 6.07) is 9.02. The minimum absolute atomic E-state index is 0.603. The molecule has 1 unspecified atom stereocenters. The molecule has 0 aliphatic rings. The van der Waals surface area contributed by atoms with E-state index >= 15 is 0 Å².